The van der Waals surface area contributed by atoms with Gasteiger partial charge in [-0.2, -0.15) is 17.9 Å². The number of halogens is 3. The molecular weight excluding hydrogens is 764 g/mol. The van der Waals surface area contributed by atoms with E-state index in [0.717, 1.165) is 44.1 Å². The van der Waals surface area contributed by atoms with E-state index in [9.17, 15) is 36.9 Å². The number of carbonyl (C=O) groups excluding carboxylic acids is 4. The SMILES string of the molecule is Cc1ccc2nc(C(F)(F)F)c3c(c2c1)CC[C@]1(C[C@H]2C(=O)N[C@]4(C(=O)N[S+]([O-])C5(C)CC5)C[C@H]4/C=C\CCCCC[C@H](NC(=O)OC4CCCC4)C(=O)N2C1)O3. The van der Waals surface area contributed by atoms with Gasteiger partial charge >= 0.3 is 12.3 Å². The lowest BCUT2D eigenvalue weighted by molar-refractivity contribution is -0.144. The van der Waals surface area contributed by atoms with Gasteiger partial charge in [-0.05, 0) is 90.2 Å². The highest BCUT2D eigenvalue weighted by Gasteiger charge is 2.64. The zero-order valence-corrected chi connectivity index (χ0v) is 33.1. The van der Waals surface area contributed by atoms with Crippen LogP contribution in [0.25, 0.3) is 10.9 Å². The van der Waals surface area contributed by atoms with Crippen LogP contribution in [0.4, 0.5) is 18.0 Å². The summed E-state index contributed by atoms with van der Waals surface area (Å²) in [6.45, 7) is 3.42. The Labute approximate surface area is 332 Å². The van der Waals surface area contributed by atoms with E-state index in [1.54, 1.807) is 18.2 Å². The first-order valence-corrected chi connectivity index (χ1v) is 21.4. The summed E-state index contributed by atoms with van der Waals surface area (Å²) in [4.78, 5) is 61.8. The Kier molecular flexibility index (Phi) is 10.4. The molecular formula is C41H50F3N5O7S. The Balaban J connectivity index is 1.14. The molecule has 8 rings (SSSR count). The summed E-state index contributed by atoms with van der Waals surface area (Å²) in [5.41, 5.74) is -2.66. The van der Waals surface area contributed by atoms with Crippen molar-refractivity contribution in [2.24, 2.45) is 5.92 Å². The summed E-state index contributed by atoms with van der Waals surface area (Å²) in [7, 11) is 0. The minimum atomic E-state index is -4.86. The molecule has 6 aliphatic rings. The third-order valence-electron chi connectivity index (χ3n) is 12.9. The van der Waals surface area contributed by atoms with Crippen LogP contribution in [0, 0.1) is 12.8 Å². The van der Waals surface area contributed by atoms with Crippen LogP contribution in [0.15, 0.2) is 30.4 Å². The van der Waals surface area contributed by atoms with E-state index in [4.69, 9.17) is 9.47 Å². The number of aryl methyl sites for hydroxylation is 2. The quantitative estimate of drug-likeness (QED) is 0.245. The first kappa shape index (κ1) is 39.8. The summed E-state index contributed by atoms with van der Waals surface area (Å²) in [5.74, 6) is -2.68. The lowest BCUT2D eigenvalue weighted by Gasteiger charge is -2.37. The molecule has 1 saturated heterocycles. The fourth-order valence-corrected chi connectivity index (χ4v) is 10.1. The number of amides is 4. The Morgan fingerprint density at radius 1 is 1.07 bits per heavy atom. The number of benzene rings is 1. The fourth-order valence-electron chi connectivity index (χ4n) is 9.05. The molecule has 2 aromatic rings. The second-order valence-electron chi connectivity index (χ2n) is 17.3. The molecule has 1 unspecified atom stereocenters. The summed E-state index contributed by atoms with van der Waals surface area (Å²) in [6, 6.07) is 2.67. The van der Waals surface area contributed by atoms with E-state index in [-0.39, 0.29) is 50.3 Å². The zero-order chi connectivity index (χ0) is 40.3. The predicted molar refractivity (Wildman–Crippen MR) is 204 cm³/mol. The normalized spacial score (nSPS) is 31.1. The first-order valence-electron chi connectivity index (χ1n) is 20.3. The highest BCUT2D eigenvalue weighted by molar-refractivity contribution is 7.91. The second kappa shape index (κ2) is 15.0. The summed E-state index contributed by atoms with van der Waals surface area (Å²) in [5, 5.41) is 6.23. The number of allylic oxidation sites excluding steroid dienone is 1. The van der Waals surface area contributed by atoms with Gasteiger partial charge in [-0.25, -0.2) is 9.78 Å². The van der Waals surface area contributed by atoms with Gasteiger partial charge in [0.15, 0.2) is 11.4 Å². The smallest absolute Gasteiger partial charge is 0.437 e. The minimum absolute atomic E-state index is 0.163. The van der Waals surface area contributed by atoms with Crippen molar-refractivity contribution < 1.29 is 46.4 Å². The number of aromatic nitrogens is 1. The average molecular weight is 814 g/mol. The third kappa shape index (κ3) is 7.92. The number of alkyl carbamates (subject to hydrolysis) is 1. The molecule has 1 spiro atoms. The van der Waals surface area contributed by atoms with Crippen molar-refractivity contribution in [3.05, 3.63) is 47.2 Å². The third-order valence-corrected chi connectivity index (χ3v) is 14.5. The van der Waals surface area contributed by atoms with Crippen LogP contribution in [0.2, 0.25) is 0 Å². The van der Waals surface area contributed by atoms with Crippen molar-refractivity contribution in [3.63, 3.8) is 0 Å². The molecule has 1 aromatic heterocycles. The van der Waals surface area contributed by atoms with Crippen LogP contribution in [0.5, 0.6) is 5.75 Å². The molecule has 57 heavy (non-hydrogen) atoms. The number of pyridine rings is 1. The van der Waals surface area contributed by atoms with Crippen LogP contribution in [-0.2, 0) is 43.1 Å². The van der Waals surface area contributed by atoms with Crippen molar-refractivity contribution in [3.8, 4) is 5.75 Å². The van der Waals surface area contributed by atoms with Crippen molar-refractivity contribution in [1.29, 1.82) is 0 Å². The number of nitrogens with zero attached hydrogens (tertiary/aromatic N) is 2. The number of alkyl halides is 3. The summed E-state index contributed by atoms with van der Waals surface area (Å²) in [6.07, 6.45) is 6.13. The highest BCUT2D eigenvalue weighted by atomic mass is 32.2. The maximum Gasteiger partial charge on any atom is 0.437 e. The van der Waals surface area contributed by atoms with Crippen molar-refractivity contribution in [2.45, 2.75) is 150 Å². The molecule has 308 valence electrons. The van der Waals surface area contributed by atoms with Crippen molar-refractivity contribution in [1.82, 2.24) is 25.2 Å². The Morgan fingerprint density at radius 2 is 1.82 bits per heavy atom. The number of rotatable bonds is 5. The van der Waals surface area contributed by atoms with Crippen LogP contribution < -0.4 is 20.1 Å². The van der Waals surface area contributed by atoms with E-state index < -0.39 is 86.7 Å². The van der Waals surface area contributed by atoms with E-state index >= 15 is 0 Å². The molecule has 1 aromatic carbocycles. The van der Waals surface area contributed by atoms with Gasteiger partial charge in [0.05, 0.1) is 23.4 Å². The Hall–Kier alpha value is -4.05. The maximum absolute atomic E-state index is 14.8. The van der Waals surface area contributed by atoms with Gasteiger partial charge in [0.25, 0.3) is 5.91 Å². The van der Waals surface area contributed by atoms with Gasteiger partial charge < -0.3 is 29.6 Å². The second-order valence-corrected chi connectivity index (χ2v) is 19.0. The molecule has 3 saturated carbocycles. The van der Waals surface area contributed by atoms with Crippen LogP contribution in [0.1, 0.15) is 114 Å². The number of fused-ring (bicyclic) bond motifs is 5. The molecule has 6 atom stereocenters. The van der Waals surface area contributed by atoms with Gasteiger partial charge in [-0.1, -0.05) is 36.6 Å². The number of carbonyl (C=O) groups is 4. The Bertz CT molecular complexity index is 1990. The van der Waals surface area contributed by atoms with Crippen LogP contribution in [-0.4, -0.2) is 78.9 Å². The summed E-state index contributed by atoms with van der Waals surface area (Å²) >= 11 is -1.68. The first-order chi connectivity index (χ1) is 27.1. The molecule has 16 heteroatoms. The van der Waals surface area contributed by atoms with Crippen LogP contribution in [0.3, 0.4) is 0 Å². The molecule has 3 aliphatic heterocycles. The highest BCUT2D eigenvalue weighted by Crippen LogP contribution is 2.50. The molecule has 4 amide bonds. The monoisotopic (exact) mass is 813 g/mol. The Morgan fingerprint density at radius 3 is 2.56 bits per heavy atom. The molecule has 12 nitrogen and oxygen atoms in total. The number of nitrogens with one attached hydrogen (secondary N) is 3. The van der Waals surface area contributed by atoms with Gasteiger partial charge in [0, 0.05) is 36.1 Å². The minimum Gasteiger partial charge on any atom is -0.593 e. The van der Waals surface area contributed by atoms with Crippen molar-refractivity contribution in [2.75, 3.05) is 6.54 Å². The van der Waals surface area contributed by atoms with Gasteiger partial charge in [0.2, 0.25) is 11.8 Å². The lowest BCUT2D eigenvalue weighted by Crippen LogP contribution is -2.58. The van der Waals surface area contributed by atoms with E-state index in [1.165, 1.54) is 4.90 Å². The zero-order valence-electron chi connectivity index (χ0n) is 32.3. The van der Waals surface area contributed by atoms with Gasteiger partial charge in [0.1, 0.15) is 34.1 Å². The van der Waals surface area contributed by atoms with Crippen LogP contribution >= 0.6 is 0 Å². The fraction of sp³-hybridized carbons (Fsp3) is 0.634. The number of hydrogen-bond acceptors (Lipinski definition) is 8. The largest absolute Gasteiger partial charge is 0.593 e. The predicted octanol–water partition coefficient (Wildman–Crippen LogP) is 5.99. The lowest BCUT2D eigenvalue weighted by atomic mass is 9.86. The van der Waals surface area contributed by atoms with Gasteiger partial charge in [-0.3, -0.25) is 14.4 Å². The average Bonchev–Trinajstić information content (AvgIpc) is 3.95. The molecule has 3 aliphatic carbocycles. The molecule has 0 radical (unpaired) electrons. The van der Waals surface area contributed by atoms with Gasteiger partial charge in [-0.15, -0.1) is 0 Å². The molecule has 3 N–H and O–H groups in total. The topological polar surface area (TPSA) is 162 Å². The number of ether oxygens (including phenoxy) is 2. The van der Waals surface area contributed by atoms with E-state index in [0.29, 0.717) is 36.6 Å². The summed E-state index contributed by atoms with van der Waals surface area (Å²) < 4.78 is 71.5. The molecule has 0 bridgehead atoms. The molecule has 4 fully saturated rings. The maximum atomic E-state index is 14.8. The van der Waals surface area contributed by atoms with E-state index in [1.807, 2.05) is 26.0 Å². The standard InChI is InChI=1S/C41H50F3N5O7S/c1-24-14-15-29-28(20-24)27-16-17-39(56-32(27)33(45-29)41(42,43)44)22-31-34(50)47-40(36(52)48-57(54)38(2)18-19-38)21-25(40)10-6-4-3-5-7-13-30(35(51)49(31)23-39)46-37(53)55-26-11-8-9-12-26/h6,10,14-15,20,25-26,30-31H,3-5,7-9,11-13,16-19,21-23H2,1-2H3,(H,46,53)(H,47,50)(H,48,52)/b10-6-/t25-,30+,31+,39-,40-,57?/m1/s1. The number of hydrogen-bond donors (Lipinski definition) is 3. The van der Waals surface area contributed by atoms with Crippen molar-refractivity contribution >= 4 is 46.1 Å². The van der Waals surface area contributed by atoms with E-state index in [2.05, 4.69) is 20.3 Å². The molecule has 4 heterocycles.